The van der Waals surface area contributed by atoms with Gasteiger partial charge in [0.2, 0.25) is 5.88 Å². The van der Waals surface area contributed by atoms with E-state index in [1.807, 2.05) is 48.2 Å². The molecule has 0 saturated carbocycles. The normalized spacial score (nSPS) is 16.1. The standard InChI is InChI=1S/C27H26Cl2N4O2/c1-18-4-11-25(31-16-18)35-27(2,3)26(34)32-12-13-33(23-10-5-19(15-30)14-22(23)29)24(17-32)20-6-8-21(28)9-7-20/h4-11,14,16,24H,12-13,17H2,1-3H3/t24-/m0/s1. The molecule has 0 bridgehead atoms. The average Bonchev–Trinajstić information content (AvgIpc) is 2.85. The molecule has 0 unspecified atom stereocenters. The van der Waals surface area contributed by atoms with Gasteiger partial charge in [0.15, 0.2) is 5.60 Å². The lowest BCUT2D eigenvalue weighted by molar-refractivity contribution is -0.146. The SMILES string of the molecule is Cc1ccc(OC(C)(C)C(=O)N2CCN(c3ccc(C#N)cc3Cl)[C@H](c3ccc(Cl)cc3)C2)nc1. The zero-order chi connectivity index (χ0) is 25.2. The number of amides is 1. The molecular weight excluding hydrogens is 483 g/mol. The fraction of sp³-hybridized carbons (Fsp3) is 0.296. The second-order valence-corrected chi connectivity index (χ2v) is 9.92. The summed E-state index contributed by atoms with van der Waals surface area (Å²) in [6.07, 6.45) is 1.71. The van der Waals surface area contributed by atoms with Crippen molar-refractivity contribution in [2.45, 2.75) is 32.4 Å². The molecule has 1 saturated heterocycles. The molecule has 1 aliphatic heterocycles. The molecule has 0 spiro atoms. The second kappa shape index (κ2) is 10.2. The van der Waals surface area contributed by atoms with Gasteiger partial charge in [0.1, 0.15) is 0 Å². The van der Waals surface area contributed by atoms with E-state index in [2.05, 4.69) is 16.0 Å². The van der Waals surface area contributed by atoms with Crippen LogP contribution in [0.15, 0.2) is 60.8 Å². The number of aromatic nitrogens is 1. The molecule has 2 heterocycles. The molecule has 4 rings (SSSR count). The zero-order valence-corrected chi connectivity index (χ0v) is 21.3. The maximum atomic E-state index is 13.6. The van der Waals surface area contributed by atoms with Gasteiger partial charge in [-0.1, -0.05) is 41.4 Å². The molecule has 35 heavy (non-hydrogen) atoms. The predicted molar refractivity (Wildman–Crippen MR) is 138 cm³/mol. The molecule has 3 aromatic rings. The number of nitriles is 1. The van der Waals surface area contributed by atoms with E-state index >= 15 is 0 Å². The number of hydrogen-bond acceptors (Lipinski definition) is 5. The van der Waals surface area contributed by atoms with Crippen molar-refractivity contribution in [3.05, 3.63) is 87.5 Å². The summed E-state index contributed by atoms with van der Waals surface area (Å²) in [5, 5.41) is 10.4. The Balaban J connectivity index is 1.61. The first-order chi connectivity index (χ1) is 16.7. The Kier molecular flexibility index (Phi) is 7.20. The number of nitrogens with zero attached hydrogens (tertiary/aromatic N) is 4. The minimum absolute atomic E-state index is 0.121. The molecule has 0 radical (unpaired) electrons. The van der Waals surface area contributed by atoms with Crippen molar-refractivity contribution in [2.75, 3.05) is 24.5 Å². The van der Waals surface area contributed by atoms with Crippen molar-refractivity contribution >= 4 is 34.8 Å². The van der Waals surface area contributed by atoms with Gasteiger partial charge in [-0.15, -0.1) is 0 Å². The molecule has 0 N–H and O–H groups in total. The number of halogens is 2. The van der Waals surface area contributed by atoms with Gasteiger partial charge in [0, 0.05) is 36.9 Å². The summed E-state index contributed by atoms with van der Waals surface area (Å²) in [5.74, 6) is 0.288. The van der Waals surface area contributed by atoms with Gasteiger partial charge in [-0.25, -0.2) is 4.98 Å². The molecule has 6 nitrogen and oxygen atoms in total. The quantitative estimate of drug-likeness (QED) is 0.434. The largest absolute Gasteiger partial charge is 0.462 e. The monoisotopic (exact) mass is 508 g/mol. The van der Waals surface area contributed by atoms with Crippen LogP contribution in [-0.4, -0.2) is 41.0 Å². The molecule has 0 aliphatic carbocycles. The van der Waals surface area contributed by atoms with Crippen LogP contribution in [0.2, 0.25) is 10.0 Å². The highest BCUT2D eigenvalue weighted by Crippen LogP contribution is 2.36. The third-order valence-electron chi connectivity index (χ3n) is 6.07. The second-order valence-electron chi connectivity index (χ2n) is 9.08. The van der Waals surface area contributed by atoms with Crippen LogP contribution in [0.3, 0.4) is 0 Å². The number of carbonyl (C=O) groups is 1. The highest BCUT2D eigenvalue weighted by molar-refractivity contribution is 6.33. The summed E-state index contributed by atoms with van der Waals surface area (Å²) >= 11 is 12.7. The molecule has 8 heteroatoms. The fourth-order valence-corrected chi connectivity index (χ4v) is 4.65. The van der Waals surface area contributed by atoms with Crippen molar-refractivity contribution in [2.24, 2.45) is 0 Å². The Hall–Kier alpha value is -3.27. The molecule has 1 atom stereocenters. The van der Waals surface area contributed by atoms with Crippen LogP contribution in [-0.2, 0) is 4.79 Å². The first-order valence-electron chi connectivity index (χ1n) is 11.3. The Morgan fingerprint density at radius 2 is 1.86 bits per heavy atom. The van der Waals surface area contributed by atoms with Crippen LogP contribution in [0.25, 0.3) is 0 Å². The number of pyridine rings is 1. The Bertz CT molecular complexity index is 1250. The van der Waals surface area contributed by atoms with E-state index in [0.29, 0.717) is 41.1 Å². The summed E-state index contributed by atoms with van der Waals surface area (Å²) in [5.41, 5.74) is 2.24. The molecule has 1 amide bonds. The summed E-state index contributed by atoms with van der Waals surface area (Å²) in [6.45, 7) is 6.96. The number of carbonyl (C=O) groups excluding carboxylic acids is 1. The number of anilines is 1. The van der Waals surface area contributed by atoms with E-state index in [-0.39, 0.29) is 11.9 Å². The fourth-order valence-electron chi connectivity index (χ4n) is 4.24. The van der Waals surface area contributed by atoms with Crippen LogP contribution in [0.4, 0.5) is 5.69 Å². The van der Waals surface area contributed by atoms with Gasteiger partial charge in [0.05, 0.1) is 28.4 Å². The summed E-state index contributed by atoms with van der Waals surface area (Å²) in [4.78, 5) is 21.9. The highest BCUT2D eigenvalue weighted by atomic mass is 35.5. The lowest BCUT2D eigenvalue weighted by atomic mass is 9.99. The van der Waals surface area contributed by atoms with Crippen LogP contribution in [0, 0.1) is 18.3 Å². The van der Waals surface area contributed by atoms with Crippen LogP contribution in [0.1, 0.15) is 36.6 Å². The maximum Gasteiger partial charge on any atom is 0.266 e. The van der Waals surface area contributed by atoms with Gasteiger partial charge in [-0.3, -0.25) is 4.79 Å². The molecule has 1 aliphatic rings. The van der Waals surface area contributed by atoms with Crippen LogP contribution in [0.5, 0.6) is 5.88 Å². The summed E-state index contributed by atoms with van der Waals surface area (Å²) < 4.78 is 6.00. The van der Waals surface area contributed by atoms with Crippen LogP contribution >= 0.6 is 23.2 Å². The summed E-state index contributed by atoms with van der Waals surface area (Å²) in [7, 11) is 0. The first kappa shape index (κ1) is 24.8. The Morgan fingerprint density at radius 1 is 1.11 bits per heavy atom. The van der Waals surface area contributed by atoms with Gasteiger partial charge in [0.25, 0.3) is 5.91 Å². The lowest BCUT2D eigenvalue weighted by Gasteiger charge is -2.45. The maximum absolute atomic E-state index is 13.6. The Labute approximate surface area is 215 Å². The minimum Gasteiger partial charge on any atom is -0.462 e. The van der Waals surface area contributed by atoms with E-state index in [0.717, 1.165) is 16.8 Å². The van der Waals surface area contributed by atoms with E-state index < -0.39 is 5.60 Å². The van der Waals surface area contributed by atoms with Crippen molar-refractivity contribution in [3.8, 4) is 11.9 Å². The van der Waals surface area contributed by atoms with E-state index in [1.165, 1.54) is 0 Å². The van der Waals surface area contributed by atoms with E-state index in [1.54, 1.807) is 38.2 Å². The number of ether oxygens (including phenoxy) is 1. The number of rotatable bonds is 5. The molecule has 1 fully saturated rings. The lowest BCUT2D eigenvalue weighted by Crippen LogP contribution is -2.56. The highest BCUT2D eigenvalue weighted by Gasteiger charge is 2.39. The molecule has 1 aromatic heterocycles. The third kappa shape index (κ3) is 5.53. The number of piperazine rings is 1. The predicted octanol–water partition coefficient (Wildman–Crippen LogP) is 5.82. The first-order valence-corrected chi connectivity index (χ1v) is 12.1. The van der Waals surface area contributed by atoms with Crippen LogP contribution < -0.4 is 9.64 Å². The van der Waals surface area contributed by atoms with Crippen molar-refractivity contribution in [1.82, 2.24) is 9.88 Å². The van der Waals surface area contributed by atoms with Gasteiger partial charge >= 0.3 is 0 Å². The van der Waals surface area contributed by atoms with Crippen molar-refractivity contribution < 1.29 is 9.53 Å². The van der Waals surface area contributed by atoms with Crippen molar-refractivity contribution in [1.29, 1.82) is 5.26 Å². The zero-order valence-electron chi connectivity index (χ0n) is 19.8. The number of hydrogen-bond donors (Lipinski definition) is 0. The van der Waals surface area contributed by atoms with Gasteiger partial charge in [-0.2, -0.15) is 5.26 Å². The Morgan fingerprint density at radius 3 is 2.49 bits per heavy atom. The smallest absolute Gasteiger partial charge is 0.266 e. The molecule has 180 valence electrons. The third-order valence-corrected chi connectivity index (χ3v) is 6.62. The van der Waals surface area contributed by atoms with E-state index in [9.17, 15) is 10.1 Å². The van der Waals surface area contributed by atoms with Gasteiger partial charge in [-0.05, 0) is 62.2 Å². The van der Waals surface area contributed by atoms with Crippen molar-refractivity contribution in [3.63, 3.8) is 0 Å². The number of benzene rings is 2. The molecule has 2 aromatic carbocycles. The van der Waals surface area contributed by atoms with Gasteiger partial charge < -0.3 is 14.5 Å². The molecular formula is C27H26Cl2N4O2. The minimum atomic E-state index is -1.10. The summed E-state index contributed by atoms with van der Waals surface area (Å²) in [6, 6.07) is 18.5. The average molecular weight is 509 g/mol. The van der Waals surface area contributed by atoms with E-state index in [4.69, 9.17) is 27.9 Å². The number of aryl methyl sites for hydroxylation is 1. The topological polar surface area (TPSA) is 69.5 Å².